The van der Waals surface area contributed by atoms with Gasteiger partial charge in [-0.3, -0.25) is 4.79 Å². The molecule has 0 fully saturated rings. The first-order valence-corrected chi connectivity index (χ1v) is 6.62. The zero-order valence-electron chi connectivity index (χ0n) is 10.2. The van der Waals surface area contributed by atoms with Crippen LogP contribution < -0.4 is 0 Å². The molecule has 1 unspecified atom stereocenters. The summed E-state index contributed by atoms with van der Waals surface area (Å²) < 4.78 is 0.985. The topological polar surface area (TPSA) is 17.1 Å². The van der Waals surface area contributed by atoms with Gasteiger partial charge in [-0.25, -0.2) is 0 Å². The van der Waals surface area contributed by atoms with Crippen LogP contribution in [-0.2, 0) is 0 Å². The van der Waals surface area contributed by atoms with E-state index in [0.29, 0.717) is 12.3 Å². The summed E-state index contributed by atoms with van der Waals surface area (Å²) in [6.07, 6.45) is 2.93. The monoisotopic (exact) mass is 282 g/mol. The van der Waals surface area contributed by atoms with Crippen LogP contribution >= 0.6 is 15.9 Å². The molecule has 0 amide bonds. The molecule has 0 aliphatic heterocycles. The molecule has 0 aromatic heterocycles. The van der Waals surface area contributed by atoms with Crippen LogP contribution in [0.25, 0.3) is 0 Å². The lowest BCUT2D eigenvalue weighted by Gasteiger charge is -2.09. The van der Waals surface area contributed by atoms with Gasteiger partial charge in [0.25, 0.3) is 0 Å². The SMILES string of the molecule is CCCC(C)CC(=O)c1cc(C)cc(Br)c1. The Morgan fingerprint density at radius 2 is 2.06 bits per heavy atom. The van der Waals surface area contributed by atoms with Crippen molar-refractivity contribution >= 4 is 21.7 Å². The van der Waals surface area contributed by atoms with Gasteiger partial charge in [-0.15, -0.1) is 0 Å². The van der Waals surface area contributed by atoms with E-state index < -0.39 is 0 Å². The molecular formula is C14H19BrO. The van der Waals surface area contributed by atoms with Crippen LogP contribution in [0, 0.1) is 12.8 Å². The Balaban J connectivity index is 2.72. The van der Waals surface area contributed by atoms with E-state index in [1.54, 1.807) is 0 Å². The Labute approximate surface area is 106 Å². The second-order valence-electron chi connectivity index (χ2n) is 4.54. The quantitative estimate of drug-likeness (QED) is 0.711. The lowest BCUT2D eigenvalue weighted by atomic mass is 9.95. The van der Waals surface area contributed by atoms with Gasteiger partial charge in [0.05, 0.1) is 0 Å². The summed E-state index contributed by atoms with van der Waals surface area (Å²) in [4.78, 5) is 12.0. The molecule has 1 aromatic rings. The van der Waals surface area contributed by atoms with Crippen LogP contribution in [-0.4, -0.2) is 5.78 Å². The third-order valence-electron chi connectivity index (χ3n) is 2.68. The zero-order chi connectivity index (χ0) is 12.1. The lowest BCUT2D eigenvalue weighted by molar-refractivity contribution is 0.0962. The molecule has 88 valence electrons. The first-order chi connectivity index (χ1) is 7.52. The summed E-state index contributed by atoms with van der Waals surface area (Å²) in [6, 6.07) is 5.89. The van der Waals surface area contributed by atoms with Crippen molar-refractivity contribution < 1.29 is 4.79 Å². The number of halogens is 1. The Morgan fingerprint density at radius 1 is 1.38 bits per heavy atom. The Morgan fingerprint density at radius 3 is 2.62 bits per heavy atom. The van der Waals surface area contributed by atoms with Crippen molar-refractivity contribution in [2.24, 2.45) is 5.92 Å². The molecule has 1 atom stereocenters. The molecule has 1 aromatic carbocycles. The van der Waals surface area contributed by atoms with Gasteiger partial charge in [-0.1, -0.05) is 42.6 Å². The van der Waals surface area contributed by atoms with E-state index in [1.165, 1.54) is 0 Å². The van der Waals surface area contributed by atoms with Crippen LogP contribution in [0.4, 0.5) is 0 Å². The van der Waals surface area contributed by atoms with E-state index in [4.69, 9.17) is 0 Å². The lowest BCUT2D eigenvalue weighted by Crippen LogP contribution is -2.06. The van der Waals surface area contributed by atoms with Gasteiger partial charge in [0.1, 0.15) is 0 Å². The molecule has 0 spiro atoms. The van der Waals surface area contributed by atoms with Crippen molar-refractivity contribution in [2.45, 2.75) is 40.0 Å². The zero-order valence-corrected chi connectivity index (χ0v) is 11.8. The van der Waals surface area contributed by atoms with Crippen molar-refractivity contribution in [1.29, 1.82) is 0 Å². The van der Waals surface area contributed by atoms with Crippen molar-refractivity contribution in [3.8, 4) is 0 Å². The summed E-state index contributed by atoms with van der Waals surface area (Å²) in [7, 11) is 0. The molecule has 0 bridgehead atoms. The average Bonchev–Trinajstić information content (AvgIpc) is 2.16. The Hall–Kier alpha value is -0.630. The van der Waals surface area contributed by atoms with E-state index in [9.17, 15) is 4.79 Å². The van der Waals surface area contributed by atoms with Crippen molar-refractivity contribution in [3.63, 3.8) is 0 Å². The van der Waals surface area contributed by atoms with Gasteiger partial charge in [-0.05, 0) is 36.6 Å². The van der Waals surface area contributed by atoms with Gasteiger partial charge in [-0.2, -0.15) is 0 Å². The molecule has 16 heavy (non-hydrogen) atoms. The molecular weight excluding hydrogens is 264 g/mol. The normalized spacial score (nSPS) is 12.5. The summed E-state index contributed by atoms with van der Waals surface area (Å²) >= 11 is 3.43. The van der Waals surface area contributed by atoms with E-state index in [2.05, 4.69) is 29.8 Å². The second-order valence-corrected chi connectivity index (χ2v) is 5.45. The largest absolute Gasteiger partial charge is 0.294 e. The van der Waals surface area contributed by atoms with E-state index in [0.717, 1.165) is 28.4 Å². The van der Waals surface area contributed by atoms with E-state index in [-0.39, 0.29) is 5.78 Å². The van der Waals surface area contributed by atoms with Crippen LogP contribution in [0.5, 0.6) is 0 Å². The van der Waals surface area contributed by atoms with E-state index >= 15 is 0 Å². The molecule has 0 aliphatic carbocycles. The van der Waals surface area contributed by atoms with Gasteiger partial charge >= 0.3 is 0 Å². The molecule has 1 rings (SSSR count). The van der Waals surface area contributed by atoms with Crippen molar-refractivity contribution in [2.75, 3.05) is 0 Å². The molecule has 0 heterocycles. The van der Waals surface area contributed by atoms with Gasteiger partial charge in [0, 0.05) is 16.5 Å². The van der Waals surface area contributed by atoms with Crippen LogP contribution in [0.1, 0.15) is 49.0 Å². The fraction of sp³-hybridized carbons (Fsp3) is 0.500. The summed E-state index contributed by atoms with van der Waals surface area (Å²) in [5.41, 5.74) is 1.95. The molecule has 0 saturated heterocycles. The van der Waals surface area contributed by atoms with Crippen molar-refractivity contribution in [1.82, 2.24) is 0 Å². The number of hydrogen-bond donors (Lipinski definition) is 0. The van der Waals surface area contributed by atoms with Gasteiger partial charge < -0.3 is 0 Å². The fourth-order valence-corrected chi connectivity index (χ4v) is 2.53. The van der Waals surface area contributed by atoms with Crippen LogP contribution in [0.2, 0.25) is 0 Å². The molecule has 0 N–H and O–H groups in total. The Kier molecular flexibility index (Phi) is 5.20. The van der Waals surface area contributed by atoms with Crippen LogP contribution in [0.3, 0.4) is 0 Å². The van der Waals surface area contributed by atoms with Crippen molar-refractivity contribution in [3.05, 3.63) is 33.8 Å². The van der Waals surface area contributed by atoms with E-state index in [1.807, 2.05) is 25.1 Å². The number of hydrogen-bond acceptors (Lipinski definition) is 1. The maximum Gasteiger partial charge on any atom is 0.163 e. The molecule has 2 heteroatoms. The third-order valence-corrected chi connectivity index (χ3v) is 3.14. The summed E-state index contributed by atoms with van der Waals surface area (Å²) in [5, 5.41) is 0. The number of Topliss-reactive ketones (excluding diaryl/α,β-unsaturated/α-hetero) is 1. The smallest absolute Gasteiger partial charge is 0.163 e. The highest BCUT2D eigenvalue weighted by Crippen LogP contribution is 2.19. The first-order valence-electron chi connectivity index (χ1n) is 5.83. The number of aryl methyl sites for hydroxylation is 1. The molecule has 0 radical (unpaired) electrons. The average molecular weight is 283 g/mol. The number of benzene rings is 1. The minimum atomic E-state index is 0.255. The fourth-order valence-electron chi connectivity index (χ4n) is 1.93. The number of carbonyl (C=O) groups is 1. The number of ketones is 1. The summed E-state index contributed by atoms with van der Waals surface area (Å²) in [6.45, 7) is 6.31. The highest BCUT2D eigenvalue weighted by atomic mass is 79.9. The first kappa shape index (κ1) is 13.4. The summed E-state index contributed by atoms with van der Waals surface area (Å²) in [5.74, 6) is 0.738. The highest BCUT2D eigenvalue weighted by molar-refractivity contribution is 9.10. The second kappa shape index (κ2) is 6.19. The maximum atomic E-state index is 12.0. The highest BCUT2D eigenvalue weighted by Gasteiger charge is 2.11. The van der Waals surface area contributed by atoms with Gasteiger partial charge in [0.15, 0.2) is 5.78 Å². The number of rotatable bonds is 5. The molecule has 0 aliphatic rings. The number of carbonyl (C=O) groups excluding carboxylic acids is 1. The molecule has 0 saturated carbocycles. The van der Waals surface area contributed by atoms with Gasteiger partial charge in [0.2, 0.25) is 0 Å². The van der Waals surface area contributed by atoms with Crippen LogP contribution in [0.15, 0.2) is 22.7 Å². The Bertz CT molecular complexity index is 351. The standard InChI is InChI=1S/C14H19BrO/c1-4-5-10(2)8-14(16)12-6-11(3)7-13(15)9-12/h6-7,9-10H,4-5,8H2,1-3H3. The minimum absolute atomic E-state index is 0.255. The predicted molar refractivity (Wildman–Crippen MR) is 71.9 cm³/mol. The maximum absolute atomic E-state index is 12.0. The third kappa shape index (κ3) is 4.09. The molecule has 1 nitrogen and oxygen atoms in total. The predicted octanol–water partition coefficient (Wildman–Crippen LogP) is 4.77. The minimum Gasteiger partial charge on any atom is -0.294 e.